The number of imidazole rings is 1. The fourth-order valence-corrected chi connectivity index (χ4v) is 6.97. The van der Waals surface area contributed by atoms with Gasteiger partial charge in [0.1, 0.15) is 5.82 Å². The van der Waals surface area contributed by atoms with Gasteiger partial charge in [0.2, 0.25) is 0 Å². The highest BCUT2D eigenvalue weighted by molar-refractivity contribution is 6.22. The molecule has 0 aliphatic carbocycles. The van der Waals surface area contributed by atoms with Crippen LogP contribution in [0.25, 0.3) is 71.6 Å². The number of aromatic nitrogens is 3. The molecular formula is C43H35N3. The Labute approximate surface area is 269 Å². The summed E-state index contributed by atoms with van der Waals surface area (Å²) in [4.78, 5) is 9.31. The monoisotopic (exact) mass is 593 g/mol. The van der Waals surface area contributed by atoms with Crippen molar-refractivity contribution in [3.05, 3.63) is 152 Å². The number of nitrogens with zero attached hydrogens (tertiary/aromatic N) is 3. The maximum atomic E-state index is 5.05. The van der Waals surface area contributed by atoms with Gasteiger partial charge in [-0.3, -0.25) is 9.55 Å². The topological polar surface area (TPSA) is 30.7 Å². The number of hydrogen-bond acceptors (Lipinski definition) is 2. The third kappa shape index (κ3) is 4.95. The molecule has 8 rings (SSSR count). The van der Waals surface area contributed by atoms with Crippen LogP contribution < -0.4 is 0 Å². The Bertz CT molecular complexity index is 2300. The summed E-state index contributed by atoms with van der Waals surface area (Å²) in [5, 5.41) is 5.01. The molecule has 2 aromatic heterocycles. The summed E-state index contributed by atoms with van der Waals surface area (Å²) in [6, 6.07) is 48.4. The van der Waals surface area contributed by atoms with E-state index in [4.69, 9.17) is 4.98 Å². The smallest absolute Gasteiger partial charge is 0.114 e. The second-order valence-corrected chi connectivity index (χ2v) is 12.0. The van der Waals surface area contributed by atoms with Crippen molar-refractivity contribution < 1.29 is 0 Å². The molecule has 8 aromatic rings. The van der Waals surface area contributed by atoms with Crippen LogP contribution in [-0.4, -0.2) is 14.5 Å². The van der Waals surface area contributed by atoms with E-state index in [1.807, 2.05) is 12.4 Å². The molecule has 222 valence electrons. The molecule has 0 unspecified atom stereocenters. The zero-order valence-electron chi connectivity index (χ0n) is 26.0. The molecule has 0 N–H and O–H groups in total. The zero-order chi connectivity index (χ0) is 30.9. The molecule has 0 radical (unpaired) electrons. The minimum atomic E-state index is 0.973. The van der Waals surface area contributed by atoms with E-state index < -0.39 is 0 Å². The van der Waals surface area contributed by atoms with Crippen molar-refractivity contribution in [1.29, 1.82) is 0 Å². The average Bonchev–Trinajstić information content (AvgIpc) is 3.49. The standard InChI is InChI=1S/C43H35N3/c1-2-3-5-18-41-45-39-16-10-11-17-40(39)46(41)34-22-19-32(20-23-34)42-35-14-8-9-15-36(35)43(31-12-6-4-7-13-31)38-29-33(21-24-37(38)42)30-25-27-44-28-26-30/h4,6-17,19-29H,2-3,5,18H2,1H3. The third-order valence-electron chi connectivity index (χ3n) is 9.15. The van der Waals surface area contributed by atoms with E-state index in [0.717, 1.165) is 41.0 Å². The summed E-state index contributed by atoms with van der Waals surface area (Å²) in [6.45, 7) is 2.25. The van der Waals surface area contributed by atoms with Crippen LogP contribution in [0.1, 0.15) is 32.0 Å². The fraction of sp³-hybridized carbons (Fsp3) is 0.116. The number of rotatable bonds is 8. The Morgan fingerprint density at radius 2 is 1.15 bits per heavy atom. The van der Waals surface area contributed by atoms with Crippen molar-refractivity contribution in [2.45, 2.75) is 32.6 Å². The summed E-state index contributed by atoms with van der Waals surface area (Å²) in [5.74, 6) is 1.13. The molecule has 6 aromatic carbocycles. The van der Waals surface area contributed by atoms with Crippen LogP contribution in [0.4, 0.5) is 0 Å². The molecule has 46 heavy (non-hydrogen) atoms. The SMILES string of the molecule is CCCCCc1nc2ccccc2n1-c1ccc(-c2c3ccccc3c(-c3ccccc3)c3cc(-c4ccncc4)ccc23)cc1. The lowest BCUT2D eigenvalue weighted by atomic mass is 9.85. The third-order valence-corrected chi connectivity index (χ3v) is 9.15. The van der Waals surface area contributed by atoms with Crippen LogP contribution in [-0.2, 0) is 6.42 Å². The summed E-state index contributed by atoms with van der Waals surface area (Å²) in [7, 11) is 0. The minimum absolute atomic E-state index is 0.973. The first-order valence-electron chi connectivity index (χ1n) is 16.3. The van der Waals surface area contributed by atoms with Crippen LogP contribution in [0.15, 0.2) is 146 Å². The highest BCUT2D eigenvalue weighted by Gasteiger charge is 2.18. The largest absolute Gasteiger partial charge is 0.296 e. The Hall–Kier alpha value is -5.54. The van der Waals surface area contributed by atoms with Gasteiger partial charge in [0.25, 0.3) is 0 Å². The lowest BCUT2D eigenvalue weighted by Crippen LogP contribution is -2.01. The first-order valence-corrected chi connectivity index (χ1v) is 16.3. The molecule has 0 aliphatic rings. The van der Waals surface area contributed by atoms with E-state index >= 15 is 0 Å². The van der Waals surface area contributed by atoms with Crippen molar-refractivity contribution in [2.24, 2.45) is 0 Å². The van der Waals surface area contributed by atoms with E-state index in [0.29, 0.717) is 0 Å². The highest BCUT2D eigenvalue weighted by atomic mass is 15.1. The molecule has 0 amide bonds. The van der Waals surface area contributed by atoms with Crippen LogP contribution in [0.3, 0.4) is 0 Å². The molecule has 3 heteroatoms. The number of fused-ring (bicyclic) bond motifs is 3. The molecule has 0 saturated heterocycles. The Balaban J connectivity index is 1.34. The summed E-state index contributed by atoms with van der Waals surface area (Å²) >= 11 is 0. The van der Waals surface area contributed by atoms with Gasteiger partial charge in [0.05, 0.1) is 11.0 Å². The van der Waals surface area contributed by atoms with Crippen LogP contribution in [0.2, 0.25) is 0 Å². The number of hydrogen-bond donors (Lipinski definition) is 0. The predicted octanol–water partition coefficient (Wildman–Crippen LogP) is 11.5. The van der Waals surface area contributed by atoms with Gasteiger partial charge in [-0.1, -0.05) is 111 Å². The quantitative estimate of drug-likeness (QED) is 0.130. The molecule has 0 saturated carbocycles. The maximum Gasteiger partial charge on any atom is 0.114 e. The van der Waals surface area contributed by atoms with Crippen molar-refractivity contribution in [3.63, 3.8) is 0 Å². The highest BCUT2D eigenvalue weighted by Crippen LogP contribution is 2.45. The molecule has 0 spiro atoms. The molecule has 3 nitrogen and oxygen atoms in total. The number of unbranched alkanes of at least 4 members (excludes halogenated alkanes) is 2. The zero-order valence-corrected chi connectivity index (χ0v) is 26.0. The molecule has 0 fully saturated rings. The number of para-hydroxylation sites is 2. The second-order valence-electron chi connectivity index (χ2n) is 12.0. The Morgan fingerprint density at radius 3 is 1.91 bits per heavy atom. The normalized spacial score (nSPS) is 11.5. The molecule has 0 bridgehead atoms. The Kier molecular flexibility index (Phi) is 7.36. The van der Waals surface area contributed by atoms with Crippen LogP contribution in [0, 0.1) is 0 Å². The average molecular weight is 594 g/mol. The van der Waals surface area contributed by atoms with Gasteiger partial charge in [0.15, 0.2) is 0 Å². The maximum absolute atomic E-state index is 5.05. The van der Waals surface area contributed by atoms with E-state index in [1.165, 1.54) is 62.2 Å². The van der Waals surface area contributed by atoms with Crippen molar-refractivity contribution >= 4 is 32.6 Å². The number of pyridine rings is 1. The van der Waals surface area contributed by atoms with E-state index in [2.05, 4.69) is 150 Å². The molecule has 2 heterocycles. The van der Waals surface area contributed by atoms with Gasteiger partial charge >= 0.3 is 0 Å². The van der Waals surface area contributed by atoms with Crippen LogP contribution >= 0.6 is 0 Å². The first-order chi connectivity index (χ1) is 22.8. The van der Waals surface area contributed by atoms with E-state index in [1.54, 1.807) is 0 Å². The first kappa shape index (κ1) is 28.0. The molecular weight excluding hydrogens is 558 g/mol. The van der Waals surface area contributed by atoms with E-state index in [-0.39, 0.29) is 0 Å². The number of aryl methyl sites for hydroxylation is 1. The molecule has 0 atom stereocenters. The van der Waals surface area contributed by atoms with Gasteiger partial charge in [-0.05, 0) is 104 Å². The molecule has 0 aliphatic heterocycles. The van der Waals surface area contributed by atoms with Crippen LogP contribution in [0.5, 0.6) is 0 Å². The van der Waals surface area contributed by atoms with E-state index in [9.17, 15) is 0 Å². The van der Waals surface area contributed by atoms with Gasteiger partial charge < -0.3 is 0 Å². The summed E-state index contributed by atoms with van der Waals surface area (Å²) < 4.78 is 2.35. The number of benzene rings is 6. The predicted molar refractivity (Wildman–Crippen MR) is 193 cm³/mol. The van der Waals surface area contributed by atoms with Gasteiger partial charge in [-0.2, -0.15) is 0 Å². The van der Waals surface area contributed by atoms with Crippen molar-refractivity contribution in [2.75, 3.05) is 0 Å². The van der Waals surface area contributed by atoms with Gasteiger partial charge in [-0.25, -0.2) is 4.98 Å². The van der Waals surface area contributed by atoms with Gasteiger partial charge in [-0.15, -0.1) is 0 Å². The van der Waals surface area contributed by atoms with Crippen molar-refractivity contribution in [1.82, 2.24) is 14.5 Å². The summed E-state index contributed by atoms with van der Waals surface area (Å²) in [6.07, 6.45) is 8.26. The van der Waals surface area contributed by atoms with Gasteiger partial charge in [0, 0.05) is 24.5 Å². The lowest BCUT2D eigenvalue weighted by Gasteiger charge is -2.19. The summed E-state index contributed by atoms with van der Waals surface area (Å²) in [5.41, 5.74) is 10.7. The lowest BCUT2D eigenvalue weighted by molar-refractivity contribution is 0.689. The minimum Gasteiger partial charge on any atom is -0.296 e. The van der Waals surface area contributed by atoms with Crippen molar-refractivity contribution in [3.8, 4) is 39.1 Å². The fourth-order valence-electron chi connectivity index (χ4n) is 6.97. The second kappa shape index (κ2) is 12.1. The Morgan fingerprint density at radius 1 is 0.522 bits per heavy atom.